The SMILES string of the molecule is [B]/N=C/C=C(\N)C(C1Sc2c(C=N)c(C=O)n(C)c2N1C)S(=O)(=O)c1ccccc1. The van der Waals surface area contributed by atoms with Gasteiger partial charge in [-0.25, -0.2) is 8.42 Å². The highest BCUT2D eigenvalue weighted by Crippen LogP contribution is 2.49. The molecule has 1 aromatic heterocycles. The number of nitrogens with zero attached hydrogens (tertiary/aromatic N) is 3. The van der Waals surface area contributed by atoms with Gasteiger partial charge >= 0.3 is 0 Å². The zero-order valence-corrected chi connectivity index (χ0v) is 18.0. The van der Waals surface area contributed by atoms with Crippen molar-refractivity contribution in [3.63, 3.8) is 0 Å². The molecule has 0 fully saturated rings. The smallest absolute Gasteiger partial charge is 0.259 e. The number of anilines is 1. The number of carbonyl (C=O) groups excluding carboxylic acids is 1. The summed E-state index contributed by atoms with van der Waals surface area (Å²) in [7, 11) is 4.72. The van der Waals surface area contributed by atoms with E-state index in [9.17, 15) is 13.2 Å². The maximum absolute atomic E-state index is 13.6. The van der Waals surface area contributed by atoms with E-state index in [-0.39, 0.29) is 10.6 Å². The number of hydrogen-bond acceptors (Lipinski definition) is 8. The van der Waals surface area contributed by atoms with E-state index in [1.165, 1.54) is 36.2 Å². The van der Waals surface area contributed by atoms with E-state index < -0.39 is 20.5 Å². The molecule has 1 aromatic carbocycles. The maximum atomic E-state index is 13.6. The number of carbonyl (C=O) groups is 1. The van der Waals surface area contributed by atoms with Crippen molar-refractivity contribution in [1.82, 2.24) is 4.57 Å². The van der Waals surface area contributed by atoms with Crippen molar-refractivity contribution < 1.29 is 13.2 Å². The Morgan fingerprint density at radius 1 is 1.33 bits per heavy atom. The van der Waals surface area contributed by atoms with E-state index in [1.807, 2.05) is 0 Å². The highest BCUT2D eigenvalue weighted by molar-refractivity contribution is 8.02. The maximum Gasteiger partial charge on any atom is 0.259 e. The average molecular weight is 441 g/mol. The molecule has 1 aliphatic rings. The number of thioether (sulfide) groups is 1. The van der Waals surface area contributed by atoms with Crippen molar-refractivity contribution in [2.24, 2.45) is 17.7 Å². The Morgan fingerprint density at radius 3 is 2.57 bits per heavy atom. The lowest BCUT2D eigenvalue weighted by atomic mass is 10.2. The first-order valence-electron chi connectivity index (χ1n) is 8.85. The molecule has 2 atom stereocenters. The third kappa shape index (κ3) is 3.48. The van der Waals surface area contributed by atoms with Crippen LogP contribution < -0.4 is 10.6 Å². The predicted octanol–water partition coefficient (Wildman–Crippen LogP) is 1.54. The molecule has 0 bridgehead atoms. The molecule has 1 aliphatic heterocycles. The molecule has 0 saturated heterocycles. The normalized spacial score (nSPS) is 17.9. The van der Waals surface area contributed by atoms with Crippen LogP contribution in [0.15, 0.2) is 56.8 Å². The molecule has 11 heteroatoms. The number of aromatic nitrogens is 1. The van der Waals surface area contributed by atoms with Crippen LogP contribution in [0, 0.1) is 5.41 Å². The topological polar surface area (TPSA) is 122 Å². The van der Waals surface area contributed by atoms with Crippen LogP contribution in [0.3, 0.4) is 0 Å². The minimum Gasteiger partial charge on any atom is -0.401 e. The van der Waals surface area contributed by atoms with Crippen molar-refractivity contribution in [1.29, 1.82) is 5.41 Å². The van der Waals surface area contributed by atoms with Crippen LogP contribution in [0.4, 0.5) is 5.82 Å². The summed E-state index contributed by atoms with van der Waals surface area (Å²) in [4.78, 5) is 17.5. The molecule has 3 N–H and O–H groups in total. The molecule has 0 aliphatic carbocycles. The van der Waals surface area contributed by atoms with Crippen molar-refractivity contribution in [2.75, 3.05) is 11.9 Å². The molecular formula is C19H20BN5O3S2. The molecule has 3 rings (SSSR count). The van der Waals surface area contributed by atoms with E-state index in [2.05, 4.69) is 4.90 Å². The van der Waals surface area contributed by atoms with E-state index in [1.54, 1.807) is 41.8 Å². The number of aldehydes is 1. The second-order valence-electron chi connectivity index (χ2n) is 6.64. The number of sulfone groups is 1. The van der Waals surface area contributed by atoms with Crippen LogP contribution in [-0.4, -0.2) is 57.4 Å². The van der Waals surface area contributed by atoms with Gasteiger partial charge in [0.15, 0.2) is 16.1 Å². The Hall–Kier alpha value is -2.79. The van der Waals surface area contributed by atoms with Crippen LogP contribution in [0.1, 0.15) is 16.1 Å². The summed E-state index contributed by atoms with van der Waals surface area (Å²) in [6.07, 6.45) is 4.40. The van der Waals surface area contributed by atoms with Crippen LogP contribution in [-0.2, 0) is 16.9 Å². The number of nitrogens with two attached hydrogens (primary N) is 1. The summed E-state index contributed by atoms with van der Waals surface area (Å²) in [5.41, 5.74) is 7.11. The number of nitrogens with one attached hydrogen (secondary N) is 1. The highest BCUT2D eigenvalue weighted by Gasteiger charge is 2.45. The minimum absolute atomic E-state index is 0.0808. The zero-order chi connectivity index (χ0) is 22.1. The Morgan fingerprint density at radius 2 is 2.00 bits per heavy atom. The Bertz CT molecular complexity index is 1140. The van der Waals surface area contributed by atoms with Crippen LogP contribution in [0.5, 0.6) is 0 Å². The summed E-state index contributed by atoms with van der Waals surface area (Å²) in [5, 5.41) is 5.97. The van der Waals surface area contributed by atoms with Crippen molar-refractivity contribution in [2.45, 2.75) is 20.4 Å². The fourth-order valence-electron chi connectivity index (χ4n) is 3.54. The molecule has 2 aromatic rings. The quantitative estimate of drug-likeness (QED) is 0.382. The van der Waals surface area contributed by atoms with Crippen molar-refractivity contribution >= 4 is 54.1 Å². The average Bonchev–Trinajstić information content (AvgIpc) is 3.20. The number of hydrogen-bond donors (Lipinski definition) is 2. The number of benzene rings is 1. The highest BCUT2D eigenvalue weighted by atomic mass is 32.2. The summed E-state index contributed by atoms with van der Waals surface area (Å²) < 4.78 is 28.8. The summed E-state index contributed by atoms with van der Waals surface area (Å²) in [6, 6.07) is 8.07. The Labute approximate surface area is 180 Å². The van der Waals surface area contributed by atoms with Gasteiger partial charge < -0.3 is 25.5 Å². The molecule has 0 amide bonds. The Kier molecular flexibility index (Phi) is 6.23. The van der Waals surface area contributed by atoms with Gasteiger partial charge in [0.05, 0.1) is 15.5 Å². The molecule has 8 nitrogen and oxygen atoms in total. The van der Waals surface area contributed by atoms with E-state index in [4.69, 9.17) is 19.1 Å². The van der Waals surface area contributed by atoms with Crippen LogP contribution in [0.2, 0.25) is 0 Å². The molecule has 30 heavy (non-hydrogen) atoms. The van der Waals surface area contributed by atoms with Gasteiger partial charge in [-0.3, -0.25) is 4.79 Å². The number of rotatable bonds is 7. The largest absolute Gasteiger partial charge is 0.401 e. The van der Waals surface area contributed by atoms with Crippen molar-refractivity contribution in [3.05, 3.63) is 53.4 Å². The van der Waals surface area contributed by atoms with Crippen LogP contribution >= 0.6 is 11.8 Å². The van der Waals surface area contributed by atoms with Gasteiger partial charge in [-0.2, -0.15) is 0 Å². The van der Waals surface area contributed by atoms with Gasteiger partial charge in [0.2, 0.25) is 0 Å². The first kappa shape index (κ1) is 21.9. The van der Waals surface area contributed by atoms with E-state index >= 15 is 0 Å². The lowest BCUT2D eigenvalue weighted by Gasteiger charge is -2.30. The first-order chi connectivity index (χ1) is 14.3. The molecular weight excluding hydrogens is 421 g/mol. The summed E-state index contributed by atoms with van der Waals surface area (Å²) >= 11 is 1.26. The van der Waals surface area contributed by atoms with Gasteiger partial charge in [0.1, 0.15) is 16.4 Å². The number of allylic oxidation sites excluding steroid dienone is 1. The summed E-state index contributed by atoms with van der Waals surface area (Å²) in [5.74, 6) is 0.652. The molecule has 2 heterocycles. The molecule has 0 saturated carbocycles. The third-order valence-corrected chi connectivity index (χ3v) is 8.73. The van der Waals surface area contributed by atoms with Gasteiger partial charge in [-0.15, -0.1) is 0 Å². The minimum atomic E-state index is -3.88. The molecule has 2 unspecified atom stereocenters. The van der Waals surface area contributed by atoms with Crippen molar-refractivity contribution in [3.8, 4) is 0 Å². The monoisotopic (exact) mass is 441 g/mol. The number of fused-ring (bicyclic) bond motifs is 1. The summed E-state index contributed by atoms with van der Waals surface area (Å²) in [6.45, 7) is 0. The molecule has 2 radical (unpaired) electrons. The second-order valence-corrected chi connectivity index (χ2v) is 9.83. The van der Waals surface area contributed by atoms with E-state index in [0.29, 0.717) is 28.3 Å². The lowest BCUT2D eigenvalue weighted by Crippen LogP contribution is -2.44. The van der Waals surface area contributed by atoms with E-state index in [0.717, 1.165) is 6.21 Å². The molecule has 154 valence electrons. The standard InChI is InChI=1S/C19H20BN5O3S2/c1-24-15(11-26)13(10-21)16-18(24)25(2)19(29-16)17(14(22)8-9-23-20)30(27,28)12-6-4-3-5-7-12/h3-11,17,19,21H,22H2,1-2H3/b14-8-,21-10?,23-9+. The predicted molar refractivity (Wildman–Crippen MR) is 121 cm³/mol. The van der Waals surface area contributed by atoms with Gasteiger partial charge in [-0.05, 0) is 18.2 Å². The van der Waals surface area contributed by atoms with Gasteiger partial charge in [0.25, 0.3) is 7.98 Å². The fraction of sp³-hybridized carbons (Fsp3) is 0.211. The van der Waals surface area contributed by atoms with Gasteiger partial charge in [-0.1, -0.05) is 30.0 Å². The van der Waals surface area contributed by atoms with Crippen LogP contribution in [0.25, 0.3) is 0 Å². The zero-order valence-electron chi connectivity index (χ0n) is 16.4. The van der Waals surface area contributed by atoms with Gasteiger partial charge in [0, 0.05) is 37.8 Å². The third-order valence-electron chi connectivity index (χ3n) is 4.96. The molecule has 0 spiro atoms. The fourth-order valence-corrected chi connectivity index (χ4v) is 7.36. The Balaban J connectivity index is 2.16. The second kappa shape index (κ2) is 8.53. The lowest BCUT2D eigenvalue weighted by molar-refractivity contribution is 0.111. The first-order valence-corrected chi connectivity index (χ1v) is 11.3.